The van der Waals surface area contributed by atoms with Gasteiger partial charge in [0.2, 0.25) is 5.91 Å². The molecule has 11 nitrogen and oxygen atoms in total. The van der Waals surface area contributed by atoms with E-state index in [1.165, 1.54) is 20.8 Å². The van der Waals surface area contributed by atoms with Crippen LogP contribution in [-0.4, -0.2) is 59.3 Å². The van der Waals surface area contributed by atoms with Gasteiger partial charge in [0.15, 0.2) is 12.2 Å². The summed E-state index contributed by atoms with van der Waals surface area (Å²) in [6, 6.07) is -1.03. The number of hydrogen-bond acceptors (Lipinski definition) is 9. The standard InChI is InChI=1S/C14H20N4O7S/c1-6(19)16-14-11(17-18-15)13(25-9(4)22)12(24-8(3)21)10(26-14)5-23-7(2)20/h10-14H,5H2,1-4H3,(H,16,19)/t10-,11-,12-,13-,14+/m1/s1. The van der Waals surface area contributed by atoms with Gasteiger partial charge in [0, 0.05) is 32.6 Å². The highest BCUT2D eigenvalue weighted by molar-refractivity contribution is 8.00. The second-order valence-corrected chi connectivity index (χ2v) is 6.83. The molecule has 1 N–H and O–H groups in total. The van der Waals surface area contributed by atoms with Crippen LogP contribution in [0.2, 0.25) is 0 Å². The number of esters is 3. The van der Waals surface area contributed by atoms with Gasteiger partial charge in [-0.15, -0.1) is 11.8 Å². The molecular formula is C14H20N4O7S. The number of amides is 1. The Bertz CT molecular complexity index is 622. The van der Waals surface area contributed by atoms with Gasteiger partial charge in [-0.2, -0.15) is 0 Å². The van der Waals surface area contributed by atoms with Crippen LogP contribution in [0.25, 0.3) is 10.4 Å². The van der Waals surface area contributed by atoms with Gasteiger partial charge in [-0.1, -0.05) is 5.11 Å². The Balaban J connectivity index is 3.28. The van der Waals surface area contributed by atoms with Gasteiger partial charge in [-0.25, -0.2) is 0 Å². The van der Waals surface area contributed by atoms with Crippen molar-refractivity contribution in [3.8, 4) is 0 Å². The SMILES string of the molecule is CC(=O)N[C@H]1S[C@H](COC(C)=O)[C@@H](OC(C)=O)[C@H](OC(C)=O)[C@H]1N=[N+]=[N-]. The van der Waals surface area contributed by atoms with E-state index in [0.717, 1.165) is 18.7 Å². The summed E-state index contributed by atoms with van der Waals surface area (Å²) in [5.41, 5.74) is 8.85. The molecule has 0 unspecified atom stereocenters. The molecule has 0 aliphatic carbocycles. The topological polar surface area (TPSA) is 157 Å². The molecule has 0 spiro atoms. The van der Waals surface area contributed by atoms with Crippen LogP contribution in [0.5, 0.6) is 0 Å². The van der Waals surface area contributed by atoms with Gasteiger partial charge >= 0.3 is 17.9 Å². The van der Waals surface area contributed by atoms with Crippen molar-refractivity contribution in [1.29, 1.82) is 0 Å². The predicted molar refractivity (Wildman–Crippen MR) is 89.7 cm³/mol. The predicted octanol–water partition coefficient (Wildman–Crippen LogP) is 0.669. The van der Waals surface area contributed by atoms with Crippen LogP contribution in [0.1, 0.15) is 27.7 Å². The number of hydrogen-bond donors (Lipinski definition) is 1. The fourth-order valence-corrected chi connectivity index (χ4v) is 3.92. The van der Waals surface area contributed by atoms with Gasteiger partial charge in [-0.05, 0) is 5.53 Å². The number of nitrogens with one attached hydrogen (secondary N) is 1. The van der Waals surface area contributed by atoms with Crippen LogP contribution < -0.4 is 5.32 Å². The Morgan fingerprint density at radius 1 is 1.04 bits per heavy atom. The van der Waals surface area contributed by atoms with Crippen LogP contribution >= 0.6 is 11.8 Å². The first-order chi connectivity index (χ1) is 12.1. The molecule has 1 amide bonds. The van der Waals surface area contributed by atoms with Crippen molar-refractivity contribution in [3.63, 3.8) is 0 Å². The maximum absolute atomic E-state index is 11.5. The minimum Gasteiger partial charge on any atom is -0.465 e. The van der Waals surface area contributed by atoms with Crippen molar-refractivity contribution < 1.29 is 33.4 Å². The van der Waals surface area contributed by atoms with E-state index in [4.69, 9.17) is 19.7 Å². The smallest absolute Gasteiger partial charge is 0.303 e. The van der Waals surface area contributed by atoms with Crippen molar-refractivity contribution >= 4 is 35.6 Å². The molecule has 0 radical (unpaired) electrons. The van der Waals surface area contributed by atoms with Crippen molar-refractivity contribution in [2.24, 2.45) is 5.11 Å². The van der Waals surface area contributed by atoms with Gasteiger partial charge in [0.05, 0.1) is 10.6 Å². The number of carbonyl (C=O) groups is 4. The zero-order valence-corrected chi connectivity index (χ0v) is 15.5. The van der Waals surface area contributed by atoms with Crippen molar-refractivity contribution in [3.05, 3.63) is 10.4 Å². The lowest BCUT2D eigenvalue weighted by atomic mass is 10.0. The fourth-order valence-electron chi connectivity index (χ4n) is 2.43. The molecule has 1 aliphatic rings. The number of thioether (sulfide) groups is 1. The number of rotatable bonds is 6. The maximum atomic E-state index is 11.5. The molecule has 26 heavy (non-hydrogen) atoms. The molecule has 0 aromatic rings. The van der Waals surface area contributed by atoms with E-state index in [0.29, 0.717) is 0 Å². The molecule has 1 rings (SSSR count). The third-order valence-electron chi connectivity index (χ3n) is 3.24. The molecule has 0 aromatic carbocycles. The Morgan fingerprint density at radius 2 is 1.62 bits per heavy atom. The quantitative estimate of drug-likeness (QED) is 0.229. The molecule has 0 bridgehead atoms. The summed E-state index contributed by atoms with van der Waals surface area (Å²) in [5.74, 6) is -2.30. The van der Waals surface area contributed by atoms with Gasteiger partial charge in [0.25, 0.3) is 0 Å². The summed E-state index contributed by atoms with van der Waals surface area (Å²) in [4.78, 5) is 48.4. The molecule has 1 heterocycles. The highest BCUT2D eigenvalue weighted by atomic mass is 32.2. The monoisotopic (exact) mass is 388 g/mol. The first kappa shape index (κ1) is 21.6. The molecular weight excluding hydrogens is 368 g/mol. The first-order valence-corrected chi connectivity index (χ1v) is 8.54. The van der Waals surface area contributed by atoms with E-state index in [1.54, 1.807) is 0 Å². The maximum Gasteiger partial charge on any atom is 0.303 e. The second-order valence-electron chi connectivity index (χ2n) is 5.44. The highest BCUT2D eigenvalue weighted by Gasteiger charge is 2.49. The number of ether oxygens (including phenoxy) is 3. The average molecular weight is 388 g/mol. The third-order valence-corrected chi connectivity index (χ3v) is 4.69. The number of carbonyl (C=O) groups excluding carboxylic acids is 4. The fraction of sp³-hybridized carbons (Fsp3) is 0.714. The summed E-state index contributed by atoms with van der Waals surface area (Å²) in [6.45, 7) is 4.64. The molecule has 0 saturated carbocycles. The normalized spacial score (nSPS) is 27.5. The number of nitrogens with zero attached hydrogens (tertiary/aromatic N) is 3. The highest BCUT2D eigenvalue weighted by Crippen LogP contribution is 2.37. The van der Waals surface area contributed by atoms with Crippen molar-refractivity contribution in [1.82, 2.24) is 5.32 Å². The van der Waals surface area contributed by atoms with E-state index >= 15 is 0 Å². The van der Waals surface area contributed by atoms with Crippen LogP contribution in [0, 0.1) is 0 Å². The molecule has 5 atom stereocenters. The van der Waals surface area contributed by atoms with Crippen molar-refractivity contribution in [2.45, 2.75) is 56.6 Å². The van der Waals surface area contributed by atoms with Crippen molar-refractivity contribution in [2.75, 3.05) is 6.61 Å². The van der Waals surface area contributed by atoms with Crippen LogP contribution in [0.4, 0.5) is 0 Å². The molecule has 1 aliphatic heterocycles. The van der Waals surface area contributed by atoms with Gasteiger partial charge in [-0.3, -0.25) is 19.2 Å². The summed E-state index contributed by atoms with van der Waals surface area (Å²) >= 11 is 1.09. The molecule has 12 heteroatoms. The summed E-state index contributed by atoms with van der Waals surface area (Å²) < 4.78 is 15.5. The van der Waals surface area contributed by atoms with Gasteiger partial charge in [0.1, 0.15) is 12.6 Å². The molecule has 1 fully saturated rings. The zero-order valence-electron chi connectivity index (χ0n) is 14.7. The van der Waals surface area contributed by atoms with E-state index in [-0.39, 0.29) is 6.61 Å². The largest absolute Gasteiger partial charge is 0.465 e. The van der Waals surface area contributed by atoms with Crippen LogP contribution in [0.15, 0.2) is 5.11 Å². The lowest BCUT2D eigenvalue weighted by Crippen LogP contribution is -2.60. The van der Waals surface area contributed by atoms with E-state index in [2.05, 4.69) is 15.3 Å². The second kappa shape index (κ2) is 9.88. The Labute approximate surface area is 153 Å². The van der Waals surface area contributed by atoms with E-state index in [9.17, 15) is 19.2 Å². The average Bonchev–Trinajstić information content (AvgIpc) is 2.49. The lowest BCUT2D eigenvalue weighted by molar-refractivity contribution is -0.169. The minimum atomic E-state index is -1.16. The van der Waals surface area contributed by atoms with Crippen LogP contribution in [0.3, 0.4) is 0 Å². The molecule has 0 aromatic heterocycles. The van der Waals surface area contributed by atoms with E-state index < -0.39 is 52.7 Å². The zero-order chi connectivity index (χ0) is 19.9. The minimum absolute atomic E-state index is 0.158. The Kier molecular flexibility index (Phi) is 8.20. The number of azide groups is 1. The Hall–Kier alpha value is -2.46. The van der Waals surface area contributed by atoms with Crippen LogP contribution in [-0.2, 0) is 33.4 Å². The lowest BCUT2D eigenvalue weighted by Gasteiger charge is -2.43. The summed E-state index contributed by atoms with van der Waals surface area (Å²) in [6.07, 6.45) is -2.20. The third kappa shape index (κ3) is 6.45. The first-order valence-electron chi connectivity index (χ1n) is 7.60. The summed E-state index contributed by atoms with van der Waals surface area (Å²) in [5, 5.41) is 4.77. The van der Waals surface area contributed by atoms with E-state index in [1.807, 2.05) is 0 Å². The van der Waals surface area contributed by atoms with Gasteiger partial charge < -0.3 is 19.5 Å². The Morgan fingerprint density at radius 3 is 2.08 bits per heavy atom. The summed E-state index contributed by atoms with van der Waals surface area (Å²) in [7, 11) is 0. The molecule has 144 valence electrons. The molecule has 1 saturated heterocycles.